The van der Waals surface area contributed by atoms with Gasteiger partial charge in [0, 0.05) is 17.1 Å². The maximum atomic E-state index is 13.2. The van der Waals surface area contributed by atoms with Crippen molar-refractivity contribution in [3.63, 3.8) is 0 Å². The van der Waals surface area contributed by atoms with Crippen LogP contribution in [0, 0.1) is 6.92 Å². The number of hydrogen-bond donors (Lipinski definition) is 0. The maximum Gasteiger partial charge on any atom is 0.229 e. The molecule has 146 valence electrons. The van der Waals surface area contributed by atoms with E-state index in [1.807, 2.05) is 47.4 Å². The fourth-order valence-electron chi connectivity index (χ4n) is 3.13. The van der Waals surface area contributed by atoms with E-state index in [4.69, 9.17) is 4.98 Å². The van der Waals surface area contributed by atoms with Crippen molar-refractivity contribution in [3.8, 4) is 0 Å². The van der Waals surface area contributed by atoms with Gasteiger partial charge in [-0.1, -0.05) is 72.0 Å². The Morgan fingerprint density at radius 1 is 0.966 bits per heavy atom. The molecule has 3 aromatic carbocycles. The quantitative estimate of drug-likeness (QED) is 0.329. The lowest BCUT2D eigenvalue weighted by molar-refractivity contribution is -0.118. The molecule has 1 heterocycles. The second-order valence-corrected chi connectivity index (χ2v) is 8.97. The molecule has 0 aliphatic heterocycles. The Balaban J connectivity index is 1.55. The average molecular weight is 419 g/mol. The number of thioether (sulfide) groups is 1. The number of aryl methyl sites for hydroxylation is 1. The molecule has 0 unspecified atom stereocenters. The smallest absolute Gasteiger partial charge is 0.229 e. The minimum absolute atomic E-state index is 0.106. The first-order valence-electron chi connectivity index (χ1n) is 9.59. The SMILES string of the molecule is Cc1cccc2sc(N(Cc3ccccc3)C(=O)CCSc3ccccc3)nc12. The summed E-state index contributed by atoms with van der Waals surface area (Å²) < 4.78 is 1.12. The first-order valence-corrected chi connectivity index (χ1v) is 11.4. The average Bonchev–Trinajstić information content (AvgIpc) is 3.19. The fourth-order valence-corrected chi connectivity index (χ4v) is 5.05. The van der Waals surface area contributed by atoms with Gasteiger partial charge < -0.3 is 0 Å². The number of rotatable bonds is 7. The normalized spacial score (nSPS) is 10.9. The van der Waals surface area contributed by atoms with Gasteiger partial charge in [-0.3, -0.25) is 9.69 Å². The molecule has 0 aliphatic rings. The van der Waals surface area contributed by atoms with Crippen LogP contribution in [0.5, 0.6) is 0 Å². The van der Waals surface area contributed by atoms with Crippen LogP contribution in [0.25, 0.3) is 10.2 Å². The summed E-state index contributed by atoms with van der Waals surface area (Å²) in [5.74, 6) is 0.854. The van der Waals surface area contributed by atoms with Crippen LogP contribution in [-0.4, -0.2) is 16.6 Å². The Bertz CT molecular complexity index is 1090. The molecule has 0 N–H and O–H groups in total. The Kier molecular flexibility index (Phi) is 6.27. The van der Waals surface area contributed by atoms with Gasteiger partial charge in [0.15, 0.2) is 5.13 Å². The molecule has 0 aliphatic carbocycles. The van der Waals surface area contributed by atoms with Crippen LogP contribution >= 0.6 is 23.1 Å². The van der Waals surface area contributed by atoms with E-state index in [1.165, 1.54) is 4.90 Å². The van der Waals surface area contributed by atoms with Crippen molar-refractivity contribution < 1.29 is 4.79 Å². The second kappa shape index (κ2) is 9.25. The lowest BCUT2D eigenvalue weighted by atomic mass is 10.2. The molecule has 0 radical (unpaired) electrons. The van der Waals surface area contributed by atoms with E-state index in [0.29, 0.717) is 13.0 Å². The molecule has 3 nitrogen and oxygen atoms in total. The van der Waals surface area contributed by atoms with E-state index in [0.717, 1.165) is 32.2 Å². The molecule has 5 heteroatoms. The highest BCUT2D eigenvalue weighted by atomic mass is 32.2. The summed E-state index contributed by atoms with van der Waals surface area (Å²) in [6, 6.07) is 26.5. The molecule has 0 atom stereocenters. The van der Waals surface area contributed by atoms with Gasteiger partial charge in [0.25, 0.3) is 0 Å². The third-order valence-corrected chi connectivity index (χ3v) is 6.71. The lowest BCUT2D eigenvalue weighted by Gasteiger charge is -2.20. The number of para-hydroxylation sites is 1. The third kappa shape index (κ3) is 4.86. The molecular formula is C24H22N2OS2. The Morgan fingerprint density at radius 2 is 1.69 bits per heavy atom. The molecule has 0 saturated carbocycles. The summed E-state index contributed by atoms with van der Waals surface area (Å²) in [7, 11) is 0. The second-order valence-electron chi connectivity index (χ2n) is 6.80. The van der Waals surface area contributed by atoms with Crippen molar-refractivity contribution in [1.82, 2.24) is 4.98 Å². The summed E-state index contributed by atoms with van der Waals surface area (Å²) >= 11 is 3.29. The van der Waals surface area contributed by atoms with Crippen LogP contribution in [0.15, 0.2) is 83.8 Å². The van der Waals surface area contributed by atoms with Gasteiger partial charge in [0.05, 0.1) is 16.8 Å². The molecule has 29 heavy (non-hydrogen) atoms. The molecule has 0 fully saturated rings. The van der Waals surface area contributed by atoms with Gasteiger partial charge in [-0.2, -0.15) is 0 Å². The zero-order chi connectivity index (χ0) is 20.1. The minimum Gasteiger partial charge on any atom is -0.284 e. The number of thiazole rings is 1. The zero-order valence-corrected chi connectivity index (χ0v) is 17.9. The van der Waals surface area contributed by atoms with E-state index in [9.17, 15) is 4.79 Å². The number of carbonyl (C=O) groups is 1. The highest BCUT2D eigenvalue weighted by Gasteiger charge is 2.20. The summed E-state index contributed by atoms with van der Waals surface area (Å²) in [6.45, 7) is 2.60. The zero-order valence-electron chi connectivity index (χ0n) is 16.2. The van der Waals surface area contributed by atoms with Gasteiger partial charge in [-0.25, -0.2) is 4.98 Å². The molecule has 0 bridgehead atoms. The molecule has 1 amide bonds. The van der Waals surface area contributed by atoms with Crippen molar-refractivity contribution in [1.29, 1.82) is 0 Å². The molecule has 1 aromatic heterocycles. The van der Waals surface area contributed by atoms with Crippen molar-refractivity contribution in [2.45, 2.75) is 24.8 Å². The minimum atomic E-state index is 0.106. The van der Waals surface area contributed by atoms with Gasteiger partial charge in [0.1, 0.15) is 0 Å². The van der Waals surface area contributed by atoms with E-state index in [1.54, 1.807) is 23.1 Å². The monoisotopic (exact) mass is 418 g/mol. The number of aromatic nitrogens is 1. The Labute approximate surface area is 179 Å². The number of carbonyl (C=O) groups excluding carboxylic acids is 1. The van der Waals surface area contributed by atoms with Crippen molar-refractivity contribution >= 4 is 44.4 Å². The topological polar surface area (TPSA) is 33.2 Å². The van der Waals surface area contributed by atoms with Crippen LogP contribution in [0.2, 0.25) is 0 Å². The number of amides is 1. The standard InChI is InChI=1S/C24H22N2OS2/c1-18-9-8-14-21-23(18)25-24(29-21)26(17-19-10-4-2-5-11-19)22(27)15-16-28-20-12-6-3-7-13-20/h2-14H,15-17H2,1H3. The third-order valence-electron chi connectivity index (χ3n) is 4.65. The van der Waals surface area contributed by atoms with Gasteiger partial charge in [0.2, 0.25) is 5.91 Å². The molecular weight excluding hydrogens is 396 g/mol. The number of benzene rings is 3. The van der Waals surface area contributed by atoms with Gasteiger partial charge in [-0.05, 0) is 36.2 Å². The molecule has 4 rings (SSSR count). The van der Waals surface area contributed by atoms with Gasteiger partial charge in [-0.15, -0.1) is 11.8 Å². The van der Waals surface area contributed by atoms with Crippen LogP contribution < -0.4 is 4.90 Å². The van der Waals surface area contributed by atoms with E-state index in [-0.39, 0.29) is 5.91 Å². The predicted octanol–water partition coefficient (Wildman–Crippen LogP) is 6.32. The van der Waals surface area contributed by atoms with Crippen LogP contribution in [0.1, 0.15) is 17.5 Å². The van der Waals surface area contributed by atoms with Gasteiger partial charge >= 0.3 is 0 Å². The summed E-state index contributed by atoms with van der Waals surface area (Å²) in [6.07, 6.45) is 0.474. The number of nitrogens with zero attached hydrogens (tertiary/aromatic N) is 2. The number of hydrogen-bond acceptors (Lipinski definition) is 4. The predicted molar refractivity (Wildman–Crippen MR) is 124 cm³/mol. The molecule has 0 spiro atoms. The first-order chi connectivity index (χ1) is 14.2. The molecule has 4 aromatic rings. The maximum absolute atomic E-state index is 13.2. The number of fused-ring (bicyclic) bond motifs is 1. The van der Waals surface area contributed by atoms with Crippen LogP contribution in [0.3, 0.4) is 0 Å². The highest BCUT2D eigenvalue weighted by Crippen LogP contribution is 2.32. The number of anilines is 1. The van der Waals surface area contributed by atoms with Crippen molar-refractivity contribution in [2.24, 2.45) is 0 Å². The fraction of sp³-hybridized carbons (Fsp3) is 0.167. The first kappa shape index (κ1) is 19.7. The highest BCUT2D eigenvalue weighted by molar-refractivity contribution is 7.99. The largest absolute Gasteiger partial charge is 0.284 e. The van der Waals surface area contributed by atoms with Crippen LogP contribution in [-0.2, 0) is 11.3 Å². The van der Waals surface area contributed by atoms with Crippen molar-refractivity contribution in [2.75, 3.05) is 10.7 Å². The van der Waals surface area contributed by atoms with E-state index >= 15 is 0 Å². The Morgan fingerprint density at radius 3 is 2.41 bits per heavy atom. The van der Waals surface area contributed by atoms with E-state index < -0.39 is 0 Å². The van der Waals surface area contributed by atoms with E-state index in [2.05, 4.69) is 43.3 Å². The molecule has 0 saturated heterocycles. The summed E-state index contributed by atoms with van der Waals surface area (Å²) in [5, 5.41) is 0.771. The van der Waals surface area contributed by atoms with Crippen LogP contribution in [0.4, 0.5) is 5.13 Å². The summed E-state index contributed by atoms with van der Waals surface area (Å²) in [4.78, 5) is 21.0. The van der Waals surface area contributed by atoms with Crippen molar-refractivity contribution in [3.05, 3.63) is 90.0 Å². The lowest BCUT2D eigenvalue weighted by Crippen LogP contribution is -2.30. The summed E-state index contributed by atoms with van der Waals surface area (Å²) in [5.41, 5.74) is 3.22. The Hall–Kier alpha value is -2.63.